The molecular formula is C28H29ClN8O3. The van der Waals surface area contributed by atoms with Gasteiger partial charge in [-0.15, -0.1) is 0 Å². The molecule has 12 heteroatoms. The van der Waals surface area contributed by atoms with E-state index in [4.69, 9.17) is 32.7 Å². The number of halogens is 1. The number of aromatic nitrogens is 6. The number of nitrogens with one attached hydrogen (secondary N) is 1. The van der Waals surface area contributed by atoms with Crippen molar-refractivity contribution in [1.82, 2.24) is 29.3 Å². The number of pyridine rings is 2. The van der Waals surface area contributed by atoms with Crippen molar-refractivity contribution in [2.75, 3.05) is 18.5 Å². The predicted molar refractivity (Wildman–Crippen MR) is 149 cm³/mol. The molecule has 0 radical (unpaired) electrons. The topological polar surface area (TPSA) is 113 Å². The molecule has 4 aromatic rings. The fraction of sp³-hybridized carbons (Fsp3) is 0.429. The molecular weight excluding hydrogens is 532 g/mol. The van der Waals surface area contributed by atoms with Crippen LogP contribution < -0.4 is 10.1 Å². The van der Waals surface area contributed by atoms with E-state index >= 15 is 0 Å². The number of carbonyl (C=O) groups is 1. The molecule has 0 atom stereocenters. The molecule has 6 rings (SSSR count). The smallest absolute Gasteiger partial charge is 0.268 e. The van der Waals surface area contributed by atoms with Crippen LogP contribution in [0, 0.1) is 12.0 Å². The Morgan fingerprint density at radius 2 is 2.10 bits per heavy atom. The molecule has 0 unspecified atom stereocenters. The van der Waals surface area contributed by atoms with Crippen molar-refractivity contribution in [3.8, 4) is 11.5 Å². The third kappa shape index (κ3) is 4.57. The fourth-order valence-electron chi connectivity index (χ4n) is 5.40. The van der Waals surface area contributed by atoms with Crippen LogP contribution >= 0.6 is 11.6 Å². The number of imidazole rings is 1. The monoisotopic (exact) mass is 560 g/mol. The summed E-state index contributed by atoms with van der Waals surface area (Å²) in [5.41, 5.74) is 2.05. The van der Waals surface area contributed by atoms with E-state index in [1.807, 2.05) is 31.6 Å². The molecule has 0 aromatic carbocycles. The number of nitrogens with zero attached hydrogens (tertiary/aromatic N) is 7. The van der Waals surface area contributed by atoms with Crippen molar-refractivity contribution in [2.45, 2.75) is 51.6 Å². The zero-order valence-electron chi connectivity index (χ0n) is 22.7. The number of rotatable bonds is 8. The first-order chi connectivity index (χ1) is 19.1. The maximum Gasteiger partial charge on any atom is 0.268 e. The van der Waals surface area contributed by atoms with Gasteiger partial charge in [0.2, 0.25) is 5.95 Å². The third-order valence-electron chi connectivity index (χ3n) is 7.63. The first kappa shape index (κ1) is 26.2. The second-order valence-electron chi connectivity index (χ2n) is 11.3. The van der Waals surface area contributed by atoms with Gasteiger partial charge in [-0.3, -0.25) is 14.5 Å². The molecule has 40 heavy (non-hydrogen) atoms. The Morgan fingerprint density at radius 1 is 1.32 bits per heavy atom. The van der Waals surface area contributed by atoms with E-state index in [-0.39, 0.29) is 23.7 Å². The summed E-state index contributed by atoms with van der Waals surface area (Å²) in [4.78, 5) is 28.7. The molecule has 4 aromatic heterocycles. The Labute approximate surface area is 236 Å². The maximum absolute atomic E-state index is 11.5. The normalized spacial score (nSPS) is 16.4. The minimum atomic E-state index is -0.730. The third-order valence-corrected chi connectivity index (χ3v) is 8.00. The molecule has 1 saturated carbocycles. The number of aryl methyl sites for hydroxylation is 1. The number of hydrogen-bond acceptors (Lipinski definition) is 8. The quantitative estimate of drug-likeness (QED) is 0.285. The summed E-state index contributed by atoms with van der Waals surface area (Å²) in [5.74, 6) is 1.97. The molecule has 1 aliphatic heterocycles. The lowest BCUT2D eigenvalue weighted by molar-refractivity contribution is -0.176. The maximum atomic E-state index is 11.5. The molecule has 206 valence electrons. The van der Waals surface area contributed by atoms with Gasteiger partial charge >= 0.3 is 0 Å². The number of ketones is 1. The average Bonchev–Trinajstić information content (AvgIpc) is 3.41. The number of Topliss-reactive ketones (excluding diaryl/α,β-unsaturated/α-hetero) is 1. The minimum Gasteiger partial charge on any atom is -0.454 e. The van der Waals surface area contributed by atoms with Crippen LogP contribution in [0.3, 0.4) is 0 Å². The summed E-state index contributed by atoms with van der Waals surface area (Å²) in [5, 5.41) is 8.51. The van der Waals surface area contributed by atoms with Gasteiger partial charge in [0.15, 0.2) is 17.2 Å². The van der Waals surface area contributed by atoms with Gasteiger partial charge in [0.05, 0.1) is 31.1 Å². The second kappa shape index (κ2) is 9.57. The summed E-state index contributed by atoms with van der Waals surface area (Å²) < 4.78 is 15.2. The number of ether oxygens (including phenoxy) is 2. The van der Waals surface area contributed by atoms with Crippen LogP contribution in [0.15, 0.2) is 30.6 Å². The van der Waals surface area contributed by atoms with E-state index in [2.05, 4.69) is 25.1 Å². The largest absolute Gasteiger partial charge is 0.454 e. The van der Waals surface area contributed by atoms with Crippen LogP contribution in [0.5, 0.6) is 11.5 Å². The zero-order valence-corrected chi connectivity index (χ0v) is 23.5. The number of fused-ring (bicyclic) bond motifs is 1. The predicted octanol–water partition coefficient (Wildman–Crippen LogP) is 5.39. The Morgan fingerprint density at radius 3 is 2.77 bits per heavy atom. The van der Waals surface area contributed by atoms with Crippen LogP contribution in [-0.2, 0) is 28.5 Å². The first-order valence-corrected chi connectivity index (χ1v) is 13.4. The van der Waals surface area contributed by atoms with Crippen LogP contribution in [0.1, 0.15) is 51.0 Å². The number of carbonyl (C=O) groups excluding carboxylic acids is 1. The van der Waals surface area contributed by atoms with Crippen molar-refractivity contribution in [2.24, 2.45) is 12.5 Å². The molecule has 2 fully saturated rings. The standard InChI is InChI=1S/C28H29ClN8O3/c1-16(38)8-17-9-19(6-7-31-17)40-20-13-32-25-24(23(20)29)36(5)26(34-25)33-22-10-21(27(2,3)30-4)37(35-22)18-11-28(12-18)14-39-15-28/h6-7,9-10,13,18H,8,11-12,14-15H2,1-3,5H3,(H,32,33,34,35). The van der Waals surface area contributed by atoms with Gasteiger partial charge < -0.3 is 24.2 Å². The second-order valence-corrected chi connectivity index (χ2v) is 11.7. The highest BCUT2D eigenvalue weighted by Gasteiger charge is 2.52. The molecule has 1 aliphatic carbocycles. The Bertz CT molecular complexity index is 1670. The Balaban J connectivity index is 1.28. The number of anilines is 2. The number of hydrogen-bond donors (Lipinski definition) is 1. The average molecular weight is 561 g/mol. The highest BCUT2D eigenvalue weighted by Crippen LogP contribution is 2.54. The molecule has 0 amide bonds. The van der Waals surface area contributed by atoms with E-state index in [1.54, 1.807) is 22.9 Å². The molecule has 5 heterocycles. The van der Waals surface area contributed by atoms with E-state index in [0.29, 0.717) is 45.1 Å². The highest BCUT2D eigenvalue weighted by molar-refractivity contribution is 6.36. The van der Waals surface area contributed by atoms with Gasteiger partial charge in [-0.25, -0.2) is 11.6 Å². The van der Waals surface area contributed by atoms with Gasteiger partial charge in [-0.1, -0.05) is 11.6 Å². The van der Waals surface area contributed by atoms with E-state index in [0.717, 1.165) is 31.7 Å². The minimum absolute atomic E-state index is 0.0138. The van der Waals surface area contributed by atoms with Crippen molar-refractivity contribution >= 4 is 40.3 Å². The summed E-state index contributed by atoms with van der Waals surface area (Å²) >= 11 is 6.77. The molecule has 2 aliphatic rings. The van der Waals surface area contributed by atoms with Crippen molar-refractivity contribution < 1.29 is 14.3 Å². The van der Waals surface area contributed by atoms with Crippen molar-refractivity contribution in [3.05, 3.63) is 58.4 Å². The highest BCUT2D eigenvalue weighted by atomic mass is 35.5. The molecule has 1 spiro atoms. The lowest BCUT2D eigenvalue weighted by Crippen LogP contribution is -2.53. The molecule has 1 saturated heterocycles. The zero-order chi connectivity index (χ0) is 28.2. The summed E-state index contributed by atoms with van der Waals surface area (Å²) in [6.07, 6.45) is 5.33. The lowest BCUT2D eigenvalue weighted by Gasteiger charge is -2.53. The Kier molecular flexibility index (Phi) is 6.27. The van der Waals surface area contributed by atoms with Crippen molar-refractivity contribution in [1.29, 1.82) is 0 Å². The first-order valence-electron chi connectivity index (χ1n) is 13.0. The van der Waals surface area contributed by atoms with Gasteiger partial charge in [-0.05, 0) is 25.8 Å². The lowest BCUT2D eigenvalue weighted by atomic mass is 9.64. The van der Waals surface area contributed by atoms with Gasteiger partial charge in [0.25, 0.3) is 5.54 Å². The molecule has 11 nitrogen and oxygen atoms in total. The van der Waals surface area contributed by atoms with E-state index in [1.165, 1.54) is 13.1 Å². The van der Waals surface area contributed by atoms with E-state index < -0.39 is 5.54 Å². The van der Waals surface area contributed by atoms with E-state index in [9.17, 15) is 4.79 Å². The van der Waals surface area contributed by atoms with Crippen LogP contribution in [-0.4, -0.2) is 48.3 Å². The Hall–Kier alpha value is -4.01. The van der Waals surface area contributed by atoms with Crippen molar-refractivity contribution in [3.63, 3.8) is 0 Å². The van der Waals surface area contributed by atoms with Gasteiger partial charge in [-0.2, -0.15) is 10.1 Å². The molecule has 0 bridgehead atoms. The summed E-state index contributed by atoms with van der Waals surface area (Å²) in [6.45, 7) is 14.7. The van der Waals surface area contributed by atoms with Crippen LogP contribution in [0.4, 0.5) is 11.8 Å². The molecule has 1 N–H and O–H groups in total. The van der Waals surface area contributed by atoms with Crippen LogP contribution in [0.2, 0.25) is 5.02 Å². The summed E-state index contributed by atoms with van der Waals surface area (Å²) in [6, 6.07) is 5.56. The summed E-state index contributed by atoms with van der Waals surface area (Å²) in [7, 11) is 1.83. The SMILES string of the molecule is [C-]#[N+]C(C)(C)c1cc(Nc2nc3ncc(Oc4ccnc(CC(C)=O)c4)c(Cl)c3n2C)nn1C1CC2(COC2)C1. The van der Waals surface area contributed by atoms with Gasteiger partial charge in [0.1, 0.15) is 27.8 Å². The van der Waals surface area contributed by atoms with Crippen LogP contribution in [0.25, 0.3) is 16.0 Å². The van der Waals surface area contributed by atoms with Gasteiger partial charge in [0, 0.05) is 51.1 Å². The fourth-order valence-corrected chi connectivity index (χ4v) is 5.69.